The molecule has 0 aliphatic carbocycles. The smallest absolute Gasteiger partial charge is 0.150 e. The summed E-state index contributed by atoms with van der Waals surface area (Å²) in [5.41, 5.74) is 1.82. The van der Waals surface area contributed by atoms with Gasteiger partial charge in [-0.3, -0.25) is 0 Å². The Morgan fingerprint density at radius 3 is 2.67 bits per heavy atom. The van der Waals surface area contributed by atoms with E-state index in [1.54, 1.807) is 0 Å². The van der Waals surface area contributed by atoms with Crippen LogP contribution in [0.2, 0.25) is 0 Å². The Balaban J connectivity index is 2.24. The van der Waals surface area contributed by atoms with Crippen LogP contribution in [-0.2, 0) is 23.3 Å². The predicted molar refractivity (Wildman–Crippen MR) is 70.1 cm³/mol. The molecule has 0 fully saturated rings. The van der Waals surface area contributed by atoms with E-state index in [2.05, 4.69) is 4.98 Å². The minimum atomic E-state index is -3.17. The highest BCUT2D eigenvalue weighted by Crippen LogP contribution is 2.15. The molecule has 0 aliphatic rings. The highest BCUT2D eigenvalue weighted by atomic mass is 32.2. The summed E-state index contributed by atoms with van der Waals surface area (Å²) in [6.07, 6.45) is 0.430. The maximum absolute atomic E-state index is 11.1. The standard InChI is InChI=1S/C12H16N2O3S/c1-14-11-6-4-3-5-10(11)13-12(14)7-9(15)8-18(2,16)17/h3-6,9,15H,7-8H2,1-2H3. The fraction of sp³-hybridized carbons (Fsp3) is 0.417. The second-order valence-corrected chi connectivity index (χ2v) is 6.71. The number of hydrogen-bond donors (Lipinski definition) is 1. The molecule has 1 heterocycles. The van der Waals surface area contributed by atoms with Gasteiger partial charge in [-0.15, -0.1) is 0 Å². The number of rotatable bonds is 4. The average molecular weight is 268 g/mol. The predicted octanol–water partition coefficient (Wildman–Crippen LogP) is 0.521. The Morgan fingerprint density at radius 1 is 1.39 bits per heavy atom. The number of para-hydroxylation sites is 2. The SMILES string of the molecule is Cn1c(CC(O)CS(C)(=O)=O)nc2ccccc21. The van der Waals surface area contributed by atoms with Crippen LogP contribution < -0.4 is 0 Å². The van der Waals surface area contributed by atoms with E-state index in [1.165, 1.54) is 0 Å². The van der Waals surface area contributed by atoms with E-state index < -0.39 is 15.9 Å². The van der Waals surface area contributed by atoms with Crippen LogP contribution in [0.4, 0.5) is 0 Å². The van der Waals surface area contributed by atoms with Crippen molar-refractivity contribution in [3.8, 4) is 0 Å². The van der Waals surface area contributed by atoms with Crippen molar-refractivity contribution >= 4 is 20.9 Å². The van der Waals surface area contributed by atoms with Gasteiger partial charge in [-0.2, -0.15) is 0 Å². The van der Waals surface area contributed by atoms with Crippen LogP contribution in [0, 0.1) is 0 Å². The van der Waals surface area contributed by atoms with E-state index in [9.17, 15) is 13.5 Å². The first-order valence-electron chi connectivity index (χ1n) is 5.63. The molecule has 6 heteroatoms. The molecule has 1 aromatic carbocycles. The Morgan fingerprint density at radius 2 is 2.06 bits per heavy atom. The summed E-state index contributed by atoms with van der Waals surface area (Å²) in [6, 6.07) is 7.64. The van der Waals surface area contributed by atoms with Crippen LogP contribution in [0.25, 0.3) is 11.0 Å². The number of aryl methyl sites for hydroxylation is 1. The first-order chi connectivity index (χ1) is 8.37. The van der Waals surface area contributed by atoms with Gasteiger partial charge >= 0.3 is 0 Å². The van der Waals surface area contributed by atoms with Crippen LogP contribution in [0.15, 0.2) is 24.3 Å². The third-order valence-electron chi connectivity index (χ3n) is 2.79. The summed E-state index contributed by atoms with van der Waals surface area (Å²) in [5.74, 6) is 0.447. The van der Waals surface area contributed by atoms with Gasteiger partial charge in [0, 0.05) is 19.7 Å². The monoisotopic (exact) mass is 268 g/mol. The molecule has 0 bridgehead atoms. The van der Waals surface area contributed by atoms with Gasteiger partial charge in [0.15, 0.2) is 0 Å². The molecule has 98 valence electrons. The van der Waals surface area contributed by atoms with Crippen molar-refractivity contribution in [1.29, 1.82) is 0 Å². The molecule has 0 saturated heterocycles. The summed E-state index contributed by atoms with van der Waals surface area (Å²) < 4.78 is 24.1. The zero-order valence-electron chi connectivity index (χ0n) is 10.4. The molecule has 2 aromatic rings. The lowest BCUT2D eigenvalue weighted by atomic mass is 10.3. The molecular weight excluding hydrogens is 252 g/mol. The molecule has 0 amide bonds. The van der Waals surface area contributed by atoms with E-state index in [0.717, 1.165) is 17.3 Å². The number of aliphatic hydroxyl groups is 1. The molecule has 18 heavy (non-hydrogen) atoms. The number of imidazole rings is 1. The topological polar surface area (TPSA) is 72.2 Å². The molecule has 5 nitrogen and oxygen atoms in total. The molecule has 1 atom stereocenters. The number of benzene rings is 1. The summed E-state index contributed by atoms with van der Waals surface area (Å²) in [6.45, 7) is 0. The molecule has 0 aliphatic heterocycles. The van der Waals surface area contributed by atoms with Crippen LogP contribution in [0.3, 0.4) is 0 Å². The fourth-order valence-electron chi connectivity index (χ4n) is 2.00. The third-order valence-corrected chi connectivity index (χ3v) is 3.78. The van der Waals surface area contributed by atoms with Crippen molar-refractivity contribution in [3.63, 3.8) is 0 Å². The van der Waals surface area contributed by atoms with E-state index in [0.29, 0.717) is 5.82 Å². The van der Waals surface area contributed by atoms with Crippen LogP contribution in [-0.4, -0.2) is 41.2 Å². The molecule has 2 rings (SSSR count). The summed E-state index contributed by atoms with van der Waals surface area (Å²) >= 11 is 0. The molecule has 1 aromatic heterocycles. The number of fused-ring (bicyclic) bond motifs is 1. The summed E-state index contributed by atoms with van der Waals surface area (Å²) in [7, 11) is -1.31. The highest BCUT2D eigenvalue weighted by Gasteiger charge is 2.16. The highest BCUT2D eigenvalue weighted by molar-refractivity contribution is 7.90. The Labute approximate surface area is 106 Å². The first kappa shape index (κ1) is 13.0. The van der Waals surface area contributed by atoms with Crippen molar-refractivity contribution in [3.05, 3.63) is 30.1 Å². The second kappa shape index (κ2) is 4.70. The minimum absolute atomic E-state index is 0.234. The second-order valence-electron chi connectivity index (χ2n) is 4.53. The van der Waals surface area contributed by atoms with E-state index in [1.807, 2.05) is 35.9 Å². The van der Waals surface area contributed by atoms with Gasteiger partial charge in [0.05, 0.1) is 22.9 Å². The molecular formula is C12H16N2O3S. The molecule has 0 radical (unpaired) electrons. The lowest BCUT2D eigenvalue weighted by molar-refractivity contribution is 0.194. The van der Waals surface area contributed by atoms with Crippen molar-refractivity contribution in [2.24, 2.45) is 7.05 Å². The first-order valence-corrected chi connectivity index (χ1v) is 7.69. The zero-order chi connectivity index (χ0) is 13.3. The fourth-order valence-corrected chi connectivity index (χ4v) is 2.81. The van der Waals surface area contributed by atoms with Gasteiger partial charge in [0.25, 0.3) is 0 Å². The molecule has 1 N–H and O–H groups in total. The zero-order valence-corrected chi connectivity index (χ0v) is 11.2. The number of sulfone groups is 1. The number of aliphatic hydroxyl groups excluding tert-OH is 1. The molecule has 0 spiro atoms. The summed E-state index contributed by atoms with van der Waals surface area (Å²) in [5, 5.41) is 9.76. The van der Waals surface area contributed by atoms with Crippen molar-refractivity contribution in [2.75, 3.05) is 12.0 Å². The Kier molecular flexibility index (Phi) is 3.41. The van der Waals surface area contributed by atoms with Gasteiger partial charge in [0.1, 0.15) is 15.7 Å². The summed E-state index contributed by atoms with van der Waals surface area (Å²) in [4.78, 5) is 4.39. The number of aromatic nitrogens is 2. The minimum Gasteiger partial charge on any atom is -0.392 e. The van der Waals surface area contributed by atoms with E-state index in [4.69, 9.17) is 0 Å². The Bertz CT molecular complexity index is 661. The van der Waals surface area contributed by atoms with Gasteiger partial charge < -0.3 is 9.67 Å². The van der Waals surface area contributed by atoms with E-state index >= 15 is 0 Å². The maximum atomic E-state index is 11.1. The van der Waals surface area contributed by atoms with E-state index in [-0.39, 0.29) is 12.2 Å². The molecule has 0 saturated carbocycles. The largest absolute Gasteiger partial charge is 0.392 e. The van der Waals surface area contributed by atoms with Crippen molar-refractivity contribution in [2.45, 2.75) is 12.5 Å². The number of nitrogens with zero attached hydrogens (tertiary/aromatic N) is 2. The van der Waals surface area contributed by atoms with Gasteiger partial charge in [0.2, 0.25) is 0 Å². The maximum Gasteiger partial charge on any atom is 0.150 e. The van der Waals surface area contributed by atoms with Crippen molar-refractivity contribution in [1.82, 2.24) is 9.55 Å². The Hall–Kier alpha value is -1.40. The lowest BCUT2D eigenvalue weighted by Crippen LogP contribution is -2.23. The normalized spacial score (nSPS) is 13.9. The number of hydrogen-bond acceptors (Lipinski definition) is 4. The molecule has 1 unspecified atom stereocenters. The third kappa shape index (κ3) is 2.88. The van der Waals surface area contributed by atoms with Crippen LogP contribution in [0.5, 0.6) is 0 Å². The van der Waals surface area contributed by atoms with Crippen LogP contribution in [0.1, 0.15) is 5.82 Å². The van der Waals surface area contributed by atoms with Gasteiger partial charge in [-0.1, -0.05) is 12.1 Å². The van der Waals surface area contributed by atoms with Gasteiger partial charge in [-0.25, -0.2) is 13.4 Å². The van der Waals surface area contributed by atoms with Gasteiger partial charge in [-0.05, 0) is 12.1 Å². The lowest BCUT2D eigenvalue weighted by Gasteiger charge is -2.08. The van der Waals surface area contributed by atoms with Crippen LogP contribution >= 0.6 is 0 Å². The van der Waals surface area contributed by atoms with Crippen molar-refractivity contribution < 1.29 is 13.5 Å². The average Bonchev–Trinajstić information content (AvgIpc) is 2.54. The quantitative estimate of drug-likeness (QED) is 0.877.